The standard InChI is InChI=1S/C25H24Br2N4O/c1-3-17-5-7-18(8-6-17)24-14-21(20-13-19(26)9-10-23(20)29-24)25(32)28-11-4-12-31-15-22(27)16(2)30-31/h5-10,13-15H,3-4,11-12H2,1-2H3,(H,28,32). The monoisotopic (exact) mass is 554 g/mol. The van der Waals surface area contributed by atoms with Gasteiger partial charge in [-0.05, 0) is 65.5 Å². The van der Waals surface area contributed by atoms with Crippen molar-refractivity contribution in [1.29, 1.82) is 0 Å². The number of nitrogens with one attached hydrogen (secondary N) is 1. The number of benzene rings is 2. The molecule has 0 radical (unpaired) electrons. The Balaban J connectivity index is 1.56. The summed E-state index contributed by atoms with van der Waals surface area (Å²) in [5, 5.41) is 8.33. The van der Waals surface area contributed by atoms with Crippen LogP contribution in [0.1, 0.15) is 35.0 Å². The van der Waals surface area contributed by atoms with Crippen molar-refractivity contribution >= 4 is 48.7 Å². The predicted molar refractivity (Wildman–Crippen MR) is 136 cm³/mol. The molecule has 0 unspecified atom stereocenters. The fourth-order valence-electron chi connectivity index (χ4n) is 3.59. The minimum Gasteiger partial charge on any atom is -0.352 e. The van der Waals surface area contributed by atoms with Crippen LogP contribution in [0.25, 0.3) is 22.2 Å². The number of fused-ring (bicyclic) bond motifs is 1. The number of amides is 1. The molecule has 0 saturated heterocycles. The van der Waals surface area contributed by atoms with Crippen molar-refractivity contribution in [2.24, 2.45) is 0 Å². The average molecular weight is 556 g/mol. The predicted octanol–water partition coefficient (Wildman–Crippen LogP) is 6.31. The van der Waals surface area contributed by atoms with E-state index in [2.05, 4.69) is 73.5 Å². The second kappa shape index (κ2) is 9.96. The van der Waals surface area contributed by atoms with E-state index in [1.54, 1.807) is 0 Å². The van der Waals surface area contributed by atoms with Gasteiger partial charge < -0.3 is 5.32 Å². The first kappa shape index (κ1) is 22.7. The molecule has 0 aliphatic rings. The summed E-state index contributed by atoms with van der Waals surface area (Å²) in [6.45, 7) is 5.40. The number of hydrogen-bond donors (Lipinski definition) is 1. The van der Waals surface area contributed by atoms with E-state index in [9.17, 15) is 4.79 Å². The molecule has 2 heterocycles. The highest BCUT2D eigenvalue weighted by molar-refractivity contribution is 9.10. The third-order valence-corrected chi connectivity index (χ3v) is 6.68. The summed E-state index contributed by atoms with van der Waals surface area (Å²) in [6, 6.07) is 16.1. The quantitative estimate of drug-likeness (QED) is 0.272. The third kappa shape index (κ3) is 5.10. The molecule has 1 N–H and O–H groups in total. The molecule has 4 rings (SSSR count). The summed E-state index contributed by atoms with van der Waals surface area (Å²) in [4.78, 5) is 18.0. The van der Waals surface area contributed by atoms with Gasteiger partial charge in [0.1, 0.15) is 0 Å². The summed E-state index contributed by atoms with van der Waals surface area (Å²) < 4.78 is 3.80. The summed E-state index contributed by atoms with van der Waals surface area (Å²) in [7, 11) is 0. The van der Waals surface area contributed by atoms with Gasteiger partial charge >= 0.3 is 0 Å². The zero-order chi connectivity index (χ0) is 22.7. The zero-order valence-corrected chi connectivity index (χ0v) is 21.2. The van der Waals surface area contributed by atoms with Crippen LogP contribution in [0.15, 0.2) is 63.7 Å². The first-order valence-electron chi connectivity index (χ1n) is 10.6. The number of aryl methyl sites for hydroxylation is 3. The number of rotatable bonds is 7. The Labute approximate surface area is 204 Å². The van der Waals surface area contributed by atoms with Crippen LogP contribution >= 0.6 is 31.9 Å². The van der Waals surface area contributed by atoms with Crippen molar-refractivity contribution < 1.29 is 4.79 Å². The smallest absolute Gasteiger partial charge is 0.252 e. The Hall–Kier alpha value is -2.51. The van der Waals surface area contributed by atoms with E-state index >= 15 is 0 Å². The van der Waals surface area contributed by atoms with Crippen molar-refractivity contribution in [2.45, 2.75) is 33.2 Å². The van der Waals surface area contributed by atoms with Crippen molar-refractivity contribution in [3.05, 3.63) is 80.5 Å². The second-order valence-corrected chi connectivity index (χ2v) is 9.47. The first-order valence-corrected chi connectivity index (χ1v) is 12.2. The lowest BCUT2D eigenvalue weighted by molar-refractivity contribution is 0.0954. The molecule has 2 aromatic carbocycles. The van der Waals surface area contributed by atoms with E-state index in [1.807, 2.05) is 42.1 Å². The van der Waals surface area contributed by atoms with Gasteiger partial charge in [0.25, 0.3) is 5.91 Å². The minimum atomic E-state index is -0.0974. The molecule has 0 bridgehead atoms. The molecular formula is C25H24Br2N4O. The number of nitrogens with zero attached hydrogens (tertiary/aromatic N) is 3. The van der Waals surface area contributed by atoms with E-state index in [0.717, 1.165) is 56.2 Å². The molecule has 0 aliphatic heterocycles. The summed E-state index contributed by atoms with van der Waals surface area (Å²) >= 11 is 7.00. The van der Waals surface area contributed by atoms with Gasteiger partial charge in [-0.15, -0.1) is 0 Å². The normalized spacial score (nSPS) is 11.1. The molecule has 1 amide bonds. The Morgan fingerprint density at radius 2 is 1.88 bits per heavy atom. The maximum atomic E-state index is 13.1. The highest BCUT2D eigenvalue weighted by atomic mass is 79.9. The molecule has 164 valence electrons. The Morgan fingerprint density at radius 3 is 2.56 bits per heavy atom. The molecule has 0 atom stereocenters. The van der Waals surface area contributed by atoms with Crippen LogP contribution in [-0.4, -0.2) is 27.2 Å². The van der Waals surface area contributed by atoms with Crippen molar-refractivity contribution in [1.82, 2.24) is 20.1 Å². The molecule has 7 heteroatoms. The van der Waals surface area contributed by atoms with E-state index in [4.69, 9.17) is 4.98 Å². The summed E-state index contributed by atoms with van der Waals surface area (Å²) in [5.41, 5.74) is 5.46. The van der Waals surface area contributed by atoms with Crippen LogP contribution in [0.5, 0.6) is 0 Å². The molecule has 32 heavy (non-hydrogen) atoms. The fourth-order valence-corrected chi connectivity index (χ4v) is 4.27. The van der Waals surface area contributed by atoms with Gasteiger partial charge in [0, 0.05) is 34.7 Å². The van der Waals surface area contributed by atoms with Crippen LogP contribution in [0.2, 0.25) is 0 Å². The molecule has 0 aliphatic carbocycles. The molecule has 0 saturated carbocycles. The number of carbonyl (C=O) groups is 1. The Morgan fingerprint density at radius 1 is 1.09 bits per heavy atom. The maximum absolute atomic E-state index is 13.1. The van der Waals surface area contributed by atoms with Crippen molar-refractivity contribution in [3.63, 3.8) is 0 Å². The van der Waals surface area contributed by atoms with Crippen LogP contribution in [-0.2, 0) is 13.0 Å². The van der Waals surface area contributed by atoms with Gasteiger partial charge in [-0.1, -0.05) is 47.1 Å². The topological polar surface area (TPSA) is 59.8 Å². The first-order chi connectivity index (χ1) is 15.4. The second-order valence-electron chi connectivity index (χ2n) is 7.70. The number of pyridine rings is 1. The lowest BCUT2D eigenvalue weighted by atomic mass is 10.0. The molecule has 4 aromatic rings. The van der Waals surface area contributed by atoms with Crippen LogP contribution < -0.4 is 5.32 Å². The minimum absolute atomic E-state index is 0.0974. The van der Waals surface area contributed by atoms with E-state index in [0.29, 0.717) is 12.1 Å². The van der Waals surface area contributed by atoms with Crippen LogP contribution in [0.3, 0.4) is 0 Å². The van der Waals surface area contributed by atoms with Crippen LogP contribution in [0.4, 0.5) is 0 Å². The van der Waals surface area contributed by atoms with Crippen molar-refractivity contribution in [3.8, 4) is 11.3 Å². The lowest BCUT2D eigenvalue weighted by Gasteiger charge is -2.11. The highest BCUT2D eigenvalue weighted by Gasteiger charge is 2.14. The summed E-state index contributed by atoms with van der Waals surface area (Å²) in [6.07, 6.45) is 3.74. The third-order valence-electron chi connectivity index (χ3n) is 5.41. The van der Waals surface area contributed by atoms with Gasteiger partial charge in [-0.2, -0.15) is 5.10 Å². The molecular weight excluding hydrogens is 532 g/mol. The molecule has 0 spiro atoms. The molecule has 5 nitrogen and oxygen atoms in total. The van der Waals surface area contributed by atoms with Crippen LogP contribution in [0, 0.1) is 6.92 Å². The maximum Gasteiger partial charge on any atom is 0.252 e. The van der Waals surface area contributed by atoms with Crippen molar-refractivity contribution in [2.75, 3.05) is 6.54 Å². The number of aromatic nitrogens is 3. The van der Waals surface area contributed by atoms with Gasteiger partial charge in [-0.25, -0.2) is 4.98 Å². The molecule has 0 fully saturated rings. The number of halogens is 2. The summed E-state index contributed by atoms with van der Waals surface area (Å²) in [5.74, 6) is -0.0974. The van der Waals surface area contributed by atoms with E-state index in [1.165, 1.54) is 5.56 Å². The zero-order valence-electron chi connectivity index (χ0n) is 18.0. The lowest BCUT2D eigenvalue weighted by Crippen LogP contribution is -2.25. The molecule has 2 aromatic heterocycles. The fraction of sp³-hybridized carbons (Fsp3) is 0.240. The Kier molecular flexibility index (Phi) is 7.06. The Bertz CT molecular complexity index is 1250. The van der Waals surface area contributed by atoms with Gasteiger partial charge in [-0.3, -0.25) is 9.48 Å². The average Bonchev–Trinajstić information content (AvgIpc) is 3.13. The SMILES string of the molecule is CCc1ccc(-c2cc(C(=O)NCCCn3cc(Br)c(C)n3)c3cc(Br)ccc3n2)cc1. The highest BCUT2D eigenvalue weighted by Crippen LogP contribution is 2.27. The largest absolute Gasteiger partial charge is 0.352 e. The number of carbonyl (C=O) groups excluding carboxylic acids is 1. The van der Waals surface area contributed by atoms with E-state index in [-0.39, 0.29) is 5.91 Å². The van der Waals surface area contributed by atoms with Gasteiger partial charge in [0.15, 0.2) is 0 Å². The van der Waals surface area contributed by atoms with Gasteiger partial charge in [0.2, 0.25) is 0 Å². The van der Waals surface area contributed by atoms with Gasteiger partial charge in [0.05, 0.1) is 26.9 Å². The number of hydrogen-bond acceptors (Lipinski definition) is 3. The van der Waals surface area contributed by atoms with E-state index < -0.39 is 0 Å².